The first-order valence-electron chi connectivity index (χ1n) is 10.7. The van der Waals surface area contributed by atoms with Gasteiger partial charge in [-0.25, -0.2) is 9.97 Å². The van der Waals surface area contributed by atoms with E-state index in [-0.39, 0.29) is 12.3 Å². The zero-order valence-corrected chi connectivity index (χ0v) is 18.7. The van der Waals surface area contributed by atoms with Gasteiger partial charge in [-0.05, 0) is 36.2 Å². The molecule has 1 aromatic carbocycles. The predicted molar refractivity (Wildman–Crippen MR) is 122 cm³/mol. The molecule has 0 bridgehead atoms. The molecule has 32 heavy (non-hydrogen) atoms. The Morgan fingerprint density at radius 3 is 2.66 bits per heavy atom. The number of rotatable bonds is 6. The van der Waals surface area contributed by atoms with E-state index >= 15 is 0 Å². The molecule has 0 aliphatic carbocycles. The smallest absolute Gasteiger partial charge is 0.289 e. The molecular formula is C24H24ClN5O2. The minimum Gasteiger partial charge on any atom is -0.459 e. The summed E-state index contributed by atoms with van der Waals surface area (Å²) in [5.41, 5.74) is 3.06. The standard InChI is InChI=1S/C24H24ClN5O2/c1-2-20-19(16-17-5-3-6-18(25)15-17)23(28-22(27-20)8-9-26)29-10-12-30(13-11-29)24(31)21-7-4-14-32-21/h3-7,14-15H,2,8,10-13,16H2,1H3. The zero-order chi connectivity index (χ0) is 22.5. The Balaban J connectivity index is 1.62. The number of carbonyl (C=O) groups is 1. The average Bonchev–Trinajstić information content (AvgIpc) is 3.35. The molecule has 0 unspecified atom stereocenters. The van der Waals surface area contributed by atoms with Crippen LogP contribution in [0.2, 0.25) is 5.02 Å². The summed E-state index contributed by atoms with van der Waals surface area (Å²) in [5, 5.41) is 9.88. The Hall–Kier alpha value is -3.37. The second kappa shape index (κ2) is 9.84. The summed E-state index contributed by atoms with van der Waals surface area (Å²) < 4.78 is 5.26. The number of anilines is 1. The van der Waals surface area contributed by atoms with Crippen LogP contribution in [0.1, 0.15) is 40.1 Å². The second-order valence-corrected chi connectivity index (χ2v) is 8.08. The lowest BCUT2D eigenvalue weighted by molar-refractivity contribution is 0.0714. The van der Waals surface area contributed by atoms with E-state index in [2.05, 4.69) is 22.9 Å². The molecule has 0 radical (unpaired) electrons. The van der Waals surface area contributed by atoms with Gasteiger partial charge in [-0.2, -0.15) is 5.26 Å². The maximum Gasteiger partial charge on any atom is 0.289 e. The van der Waals surface area contributed by atoms with E-state index in [0.29, 0.717) is 49.2 Å². The molecule has 3 heterocycles. The SMILES string of the molecule is CCc1nc(CC#N)nc(N2CCN(C(=O)c3ccco3)CC2)c1Cc1cccc(Cl)c1. The van der Waals surface area contributed by atoms with E-state index in [0.717, 1.165) is 29.1 Å². The summed E-state index contributed by atoms with van der Waals surface area (Å²) in [5.74, 6) is 1.62. The van der Waals surface area contributed by atoms with Gasteiger partial charge in [0, 0.05) is 48.9 Å². The van der Waals surface area contributed by atoms with Crippen LogP contribution >= 0.6 is 11.6 Å². The van der Waals surface area contributed by atoms with Crippen molar-refractivity contribution in [3.63, 3.8) is 0 Å². The van der Waals surface area contributed by atoms with Crippen LogP contribution in [-0.2, 0) is 19.3 Å². The summed E-state index contributed by atoms with van der Waals surface area (Å²) >= 11 is 6.20. The molecule has 0 spiro atoms. The van der Waals surface area contributed by atoms with Crippen molar-refractivity contribution in [3.05, 3.63) is 76.1 Å². The van der Waals surface area contributed by atoms with Gasteiger partial charge in [0.25, 0.3) is 5.91 Å². The molecule has 1 aliphatic heterocycles. The van der Waals surface area contributed by atoms with Crippen molar-refractivity contribution in [3.8, 4) is 6.07 Å². The van der Waals surface area contributed by atoms with E-state index in [1.807, 2.05) is 24.3 Å². The van der Waals surface area contributed by atoms with Crippen LogP contribution < -0.4 is 4.90 Å². The van der Waals surface area contributed by atoms with E-state index in [1.165, 1.54) is 6.26 Å². The van der Waals surface area contributed by atoms with Crippen LogP contribution in [0, 0.1) is 11.3 Å². The number of nitrogens with zero attached hydrogens (tertiary/aromatic N) is 5. The molecule has 0 saturated carbocycles. The van der Waals surface area contributed by atoms with Crippen LogP contribution in [0.3, 0.4) is 0 Å². The Bertz CT molecular complexity index is 1130. The largest absolute Gasteiger partial charge is 0.459 e. The average molecular weight is 450 g/mol. The lowest BCUT2D eigenvalue weighted by atomic mass is 10.0. The number of furan rings is 1. The monoisotopic (exact) mass is 449 g/mol. The highest BCUT2D eigenvalue weighted by molar-refractivity contribution is 6.30. The summed E-state index contributed by atoms with van der Waals surface area (Å²) in [7, 11) is 0. The molecule has 8 heteroatoms. The lowest BCUT2D eigenvalue weighted by Crippen LogP contribution is -2.49. The highest BCUT2D eigenvalue weighted by atomic mass is 35.5. The number of nitriles is 1. The highest BCUT2D eigenvalue weighted by Gasteiger charge is 2.27. The number of hydrogen-bond donors (Lipinski definition) is 0. The van der Waals surface area contributed by atoms with Crippen molar-refractivity contribution in [2.45, 2.75) is 26.2 Å². The molecule has 0 N–H and O–H groups in total. The molecule has 0 atom stereocenters. The number of benzene rings is 1. The number of aromatic nitrogens is 2. The maximum atomic E-state index is 12.6. The van der Waals surface area contributed by atoms with E-state index in [9.17, 15) is 10.1 Å². The van der Waals surface area contributed by atoms with Gasteiger partial charge < -0.3 is 14.2 Å². The summed E-state index contributed by atoms with van der Waals surface area (Å²) in [4.78, 5) is 26.0. The van der Waals surface area contributed by atoms with Crippen molar-refractivity contribution in [2.24, 2.45) is 0 Å². The summed E-state index contributed by atoms with van der Waals surface area (Å²) in [6.45, 7) is 4.47. The second-order valence-electron chi connectivity index (χ2n) is 7.64. The Morgan fingerprint density at radius 2 is 2.00 bits per heavy atom. The van der Waals surface area contributed by atoms with Gasteiger partial charge in [-0.1, -0.05) is 30.7 Å². The van der Waals surface area contributed by atoms with Crippen LogP contribution in [0.25, 0.3) is 0 Å². The van der Waals surface area contributed by atoms with Gasteiger partial charge >= 0.3 is 0 Å². The Morgan fingerprint density at radius 1 is 1.19 bits per heavy atom. The number of carbonyl (C=O) groups excluding carboxylic acids is 1. The number of aryl methyl sites for hydroxylation is 1. The topological polar surface area (TPSA) is 86.3 Å². The molecule has 164 valence electrons. The van der Waals surface area contributed by atoms with Gasteiger partial charge in [0.2, 0.25) is 0 Å². The Kier molecular flexibility index (Phi) is 6.72. The van der Waals surface area contributed by atoms with Gasteiger partial charge in [0.05, 0.1) is 18.8 Å². The number of amides is 1. The van der Waals surface area contributed by atoms with Gasteiger partial charge in [0.1, 0.15) is 11.6 Å². The first-order chi connectivity index (χ1) is 15.6. The molecule has 1 saturated heterocycles. The quantitative estimate of drug-likeness (QED) is 0.567. The molecule has 1 fully saturated rings. The number of hydrogen-bond acceptors (Lipinski definition) is 6. The molecule has 1 aliphatic rings. The zero-order valence-electron chi connectivity index (χ0n) is 17.9. The van der Waals surface area contributed by atoms with E-state index in [1.54, 1.807) is 17.0 Å². The fraction of sp³-hybridized carbons (Fsp3) is 0.333. The van der Waals surface area contributed by atoms with Crippen LogP contribution in [-0.4, -0.2) is 47.0 Å². The van der Waals surface area contributed by atoms with Crippen molar-refractivity contribution in [2.75, 3.05) is 31.1 Å². The van der Waals surface area contributed by atoms with Crippen molar-refractivity contribution < 1.29 is 9.21 Å². The van der Waals surface area contributed by atoms with Crippen molar-refractivity contribution in [1.29, 1.82) is 5.26 Å². The third kappa shape index (κ3) is 4.76. The summed E-state index contributed by atoms with van der Waals surface area (Å²) in [6.07, 6.45) is 3.06. The fourth-order valence-electron chi connectivity index (χ4n) is 3.98. The highest BCUT2D eigenvalue weighted by Crippen LogP contribution is 2.27. The Labute approximate surface area is 192 Å². The van der Waals surface area contributed by atoms with Gasteiger partial charge in [0.15, 0.2) is 5.76 Å². The van der Waals surface area contributed by atoms with Crippen molar-refractivity contribution >= 4 is 23.3 Å². The first-order valence-corrected chi connectivity index (χ1v) is 11.0. The molecule has 7 nitrogen and oxygen atoms in total. The predicted octanol–water partition coefficient (Wildman–Crippen LogP) is 3.90. The minimum absolute atomic E-state index is 0.101. The number of halogens is 1. The van der Waals surface area contributed by atoms with Crippen LogP contribution in [0.5, 0.6) is 0 Å². The van der Waals surface area contributed by atoms with Gasteiger partial charge in [-0.3, -0.25) is 4.79 Å². The van der Waals surface area contributed by atoms with Crippen molar-refractivity contribution in [1.82, 2.24) is 14.9 Å². The molecular weight excluding hydrogens is 426 g/mol. The maximum absolute atomic E-state index is 12.6. The molecule has 2 aromatic heterocycles. The van der Waals surface area contributed by atoms with Crippen LogP contribution in [0.15, 0.2) is 47.1 Å². The fourth-order valence-corrected chi connectivity index (χ4v) is 4.19. The third-order valence-electron chi connectivity index (χ3n) is 5.56. The summed E-state index contributed by atoms with van der Waals surface area (Å²) in [6, 6.07) is 13.3. The van der Waals surface area contributed by atoms with E-state index in [4.69, 9.17) is 21.0 Å². The third-order valence-corrected chi connectivity index (χ3v) is 5.79. The molecule has 1 amide bonds. The minimum atomic E-state index is -0.101. The normalized spacial score (nSPS) is 13.8. The first kappa shape index (κ1) is 21.8. The lowest BCUT2D eigenvalue weighted by Gasteiger charge is -2.36. The molecule has 3 aromatic rings. The number of piperazine rings is 1. The van der Waals surface area contributed by atoms with Crippen LogP contribution in [0.4, 0.5) is 5.82 Å². The molecule has 4 rings (SSSR count). The van der Waals surface area contributed by atoms with Gasteiger partial charge in [-0.15, -0.1) is 0 Å². The van der Waals surface area contributed by atoms with E-state index < -0.39 is 0 Å².